The molecule has 0 saturated carbocycles. The predicted octanol–water partition coefficient (Wildman–Crippen LogP) is 2.80. The van der Waals surface area contributed by atoms with E-state index in [2.05, 4.69) is 0 Å². The normalized spacial score (nSPS) is 19.1. The van der Waals surface area contributed by atoms with Crippen LogP contribution in [0, 0.1) is 0 Å². The summed E-state index contributed by atoms with van der Waals surface area (Å²) in [7, 11) is 0. The maximum atomic E-state index is 11.7. The molecular formula is C13H14ClNO2. The standard InChI is InChI=1S/C13H14ClNO2/c14-12-7-4-8-15(9-12)13(16)17-10-11-5-2-1-3-6-11/h1-7,12H,8-10H2. The van der Waals surface area contributed by atoms with Crippen molar-refractivity contribution < 1.29 is 9.53 Å². The van der Waals surface area contributed by atoms with Crippen LogP contribution in [-0.2, 0) is 11.3 Å². The molecule has 0 N–H and O–H groups in total. The van der Waals surface area contributed by atoms with Crippen LogP contribution in [0.15, 0.2) is 42.5 Å². The molecule has 1 aromatic carbocycles. The summed E-state index contributed by atoms with van der Waals surface area (Å²) in [5.41, 5.74) is 0.982. The van der Waals surface area contributed by atoms with E-state index in [0.717, 1.165) is 5.56 Å². The third-order valence-electron chi connectivity index (χ3n) is 2.53. The molecule has 1 aromatic rings. The monoisotopic (exact) mass is 251 g/mol. The van der Waals surface area contributed by atoms with E-state index >= 15 is 0 Å². The van der Waals surface area contributed by atoms with Gasteiger partial charge in [0.25, 0.3) is 0 Å². The second kappa shape index (κ2) is 5.73. The Hall–Kier alpha value is -1.48. The minimum atomic E-state index is -0.316. The molecule has 1 atom stereocenters. The highest BCUT2D eigenvalue weighted by atomic mass is 35.5. The van der Waals surface area contributed by atoms with E-state index in [4.69, 9.17) is 16.3 Å². The minimum Gasteiger partial charge on any atom is -0.445 e. The molecule has 2 rings (SSSR count). The summed E-state index contributed by atoms with van der Waals surface area (Å²) < 4.78 is 5.21. The van der Waals surface area contributed by atoms with Gasteiger partial charge >= 0.3 is 6.09 Å². The Morgan fingerprint density at radius 1 is 1.41 bits per heavy atom. The second-order valence-electron chi connectivity index (χ2n) is 3.89. The maximum absolute atomic E-state index is 11.7. The highest BCUT2D eigenvalue weighted by molar-refractivity contribution is 6.22. The first-order chi connectivity index (χ1) is 8.25. The number of hydrogen-bond donors (Lipinski definition) is 0. The molecule has 90 valence electrons. The van der Waals surface area contributed by atoms with Gasteiger partial charge in [0.1, 0.15) is 6.61 Å². The van der Waals surface area contributed by atoms with Crippen molar-refractivity contribution in [1.29, 1.82) is 0 Å². The molecule has 0 aromatic heterocycles. The molecule has 0 saturated heterocycles. The summed E-state index contributed by atoms with van der Waals surface area (Å²) in [6, 6.07) is 9.61. The number of alkyl halides is 1. The van der Waals surface area contributed by atoms with Crippen LogP contribution in [0.4, 0.5) is 4.79 Å². The second-order valence-corrected chi connectivity index (χ2v) is 4.45. The van der Waals surface area contributed by atoms with E-state index < -0.39 is 0 Å². The number of carbonyl (C=O) groups is 1. The van der Waals surface area contributed by atoms with Crippen LogP contribution in [0.5, 0.6) is 0 Å². The van der Waals surface area contributed by atoms with Gasteiger partial charge in [-0.1, -0.05) is 42.5 Å². The maximum Gasteiger partial charge on any atom is 0.410 e. The van der Waals surface area contributed by atoms with Crippen LogP contribution in [0.25, 0.3) is 0 Å². The number of benzene rings is 1. The first kappa shape index (κ1) is 12.0. The first-order valence-corrected chi connectivity index (χ1v) is 5.96. The molecule has 0 fully saturated rings. The van der Waals surface area contributed by atoms with Gasteiger partial charge < -0.3 is 9.64 Å². The van der Waals surface area contributed by atoms with Gasteiger partial charge in [0.15, 0.2) is 0 Å². The minimum absolute atomic E-state index is 0.118. The Bertz CT molecular complexity index is 405. The fraction of sp³-hybridized carbons (Fsp3) is 0.308. The fourth-order valence-electron chi connectivity index (χ4n) is 1.64. The lowest BCUT2D eigenvalue weighted by Crippen LogP contribution is -2.38. The first-order valence-electron chi connectivity index (χ1n) is 5.52. The van der Waals surface area contributed by atoms with Gasteiger partial charge in [-0.15, -0.1) is 11.6 Å². The third kappa shape index (κ3) is 3.49. The van der Waals surface area contributed by atoms with Crippen molar-refractivity contribution in [2.75, 3.05) is 13.1 Å². The molecule has 0 aliphatic carbocycles. The molecule has 4 heteroatoms. The Balaban J connectivity index is 1.84. The molecule has 0 bridgehead atoms. The summed E-state index contributed by atoms with van der Waals surface area (Å²) in [5.74, 6) is 0. The van der Waals surface area contributed by atoms with Crippen molar-refractivity contribution in [3.8, 4) is 0 Å². The number of nitrogens with zero attached hydrogens (tertiary/aromatic N) is 1. The summed E-state index contributed by atoms with van der Waals surface area (Å²) in [6.07, 6.45) is 3.46. The molecule has 1 heterocycles. The zero-order valence-electron chi connectivity index (χ0n) is 9.38. The van der Waals surface area contributed by atoms with Crippen LogP contribution in [0.1, 0.15) is 5.56 Å². The Labute approximate surface area is 106 Å². The number of halogens is 1. The zero-order chi connectivity index (χ0) is 12.1. The quantitative estimate of drug-likeness (QED) is 0.598. The van der Waals surface area contributed by atoms with Gasteiger partial charge in [-0.3, -0.25) is 0 Å². The van der Waals surface area contributed by atoms with Crippen molar-refractivity contribution in [1.82, 2.24) is 4.90 Å². The van der Waals surface area contributed by atoms with Crippen molar-refractivity contribution in [2.24, 2.45) is 0 Å². The Kier molecular flexibility index (Phi) is 4.04. The molecule has 1 aliphatic heterocycles. The van der Waals surface area contributed by atoms with Crippen LogP contribution < -0.4 is 0 Å². The lowest BCUT2D eigenvalue weighted by molar-refractivity contribution is 0.0997. The highest BCUT2D eigenvalue weighted by Crippen LogP contribution is 2.10. The SMILES string of the molecule is O=C(OCc1ccccc1)N1CC=CC(Cl)C1. The van der Waals surface area contributed by atoms with Gasteiger partial charge in [0.2, 0.25) is 0 Å². The number of carbonyl (C=O) groups excluding carboxylic acids is 1. The van der Waals surface area contributed by atoms with Gasteiger partial charge in [-0.2, -0.15) is 0 Å². The van der Waals surface area contributed by atoms with Gasteiger partial charge in [0, 0.05) is 13.1 Å². The number of hydrogen-bond acceptors (Lipinski definition) is 2. The smallest absolute Gasteiger partial charge is 0.410 e. The molecule has 1 unspecified atom stereocenters. The van der Waals surface area contributed by atoms with E-state index in [0.29, 0.717) is 19.7 Å². The number of ether oxygens (including phenoxy) is 1. The largest absolute Gasteiger partial charge is 0.445 e. The van der Waals surface area contributed by atoms with E-state index in [9.17, 15) is 4.79 Å². The zero-order valence-corrected chi connectivity index (χ0v) is 10.1. The summed E-state index contributed by atoms with van der Waals surface area (Å²) >= 11 is 5.94. The summed E-state index contributed by atoms with van der Waals surface area (Å²) in [4.78, 5) is 13.3. The third-order valence-corrected chi connectivity index (χ3v) is 2.81. The topological polar surface area (TPSA) is 29.5 Å². The molecule has 0 spiro atoms. The van der Waals surface area contributed by atoms with Gasteiger partial charge in [0.05, 0.1) is 5.38 Å². The van der Waals surface area contributed by atoms with Crippen LogP contribution in [0.2, 0.25) is 0 Å². The van der Waals surface area contributed by atoms with Crippen molar-refractivity contribution in [3.05, 3.63) is 48.0 Å². The fourth-order valence-corrected chi connectivity index (χ4v) is 1.91. The van der Waals surface area contributed by atoms with Crippen molar-refractivity contribution in [2.45, 2.75) is 12.0 Å². The lowest BCUT2D eigenvalue weighted by Gasteiger charge is -2.25. The number of amides is 1. The molecular weight excluding hydrogens is 238 g/mol. The molecule has 17 heavy (non-hydrogen) atoms. The summed E-state index contributed by atoms with van der Waals surface area (Å²) in [6.45, 7) is 1.37. The molecule has 0 radical (unpaired) electrons. The van der Waals surface area contributed by atoms with Gasteiger partial charge in [-0.25, -0.2) is 4.79 Å². The number of rotatable bonds is 2. The van der Waals surface area contributed by atoms with Crippen molar-refractivity contribution in [3.63, 3.8) is 0 Å². The predicted molar refractivity (Wildman–Crippen MR) is 67.0 cm³/mol. The highest BCUT2D eigenvalue weighted by Gasteiger charge is 2.19. The van der Waals surface area contributed by atoms with Crippen LogP contribution in [0.3, 0.4) is 0 Å². The van der Waals surface area contributed by atoms with E-state index in [1.165, 1.54) is 0 Å². The molecule has 1 aliphatic rings. The molecule has 3 nitrogen and oxygen atoms in total. The Morgan fingerprint density at radius 3 is 2.88 bits per heavy atom. The average molecular weight is 252 g/mol. The Morgan fingerprint density at radius 2 is 2.18 bits per heavy atom. The van der Waals surface area contributed by atoms with Crippen molar-refractivity contribution >= 4 is 17.7 Å². The summed E-state index contributed by atoms with van der Waals surface area (Å²) in [5, 5.41) is -0.118. The average Bonchev–Trinajstić information content (AvgIpc) is 2.37. The van der Waals surface area contributed by atoms with Crippen LogP contribution in [-0.4, -0.2) is 29.5 Å². The lowest BCUT2D eigenvalue weighted by atomic mass is 10.2. The van der Waals surface area contributed by atoms with E-state index in [1.807, 2.05) is 42.5 Å². The van der Waals surface area contributed by atoms with Crippen LogP contribution >= 0.6 is 11.6 Å². The van der Waals surface area contributed by atoms with Gasteiger partial charge in [-0.05, 0) is 5.56 Å². The van der Waals surface area contributed by atoms with E-state index in [1.54, 1.807) is 4.90 Å². The molecule has 1 amide bonds. The van der Waals surface area contributed by atoms with E-state index in [-0.39, 0.29) is 11.5 Å².